The van der Waals surface area contributed by atoms with Crippen molar-refractivity contribution in [3.63, 3.8) is 0 Å². The predicted molar refractivity (Wildman–Crippen MR) is 84.0 cm³/mol. The lowest BCUT2D eigenvalue weighted by Gasteiger charge is -2.22. The highest BCUT2D eigenvalue weighted by molar-refractivity contribution is 6.09. The number of hydrogen-bond acceptors (Lipinski definition) is 4. The van der Waals surface area contributed by atoms with E-state index < -0.39 is 23.4 Å². The molecule has 1 heterocycles. The zero-order valence-corrected chi connectivity index (χ0v) is 13.5. The Labute approximate surface area is 134 Å². The maximum Gasteiger partial charge on any atom is 0.327 e. The number of imide groups is 1. The van der Waals surface area contributed by atoms with Gasteiger partial charge in [0.05, 0.1) is 0 Å². The Hall–Kier alpha value is -2.70. The summed E-state index contributed by atoms with van der Waals surface area (Å²) in [6, 6.07) is 5.89. The average Bonchev–Trinajstić information content (AvgIpc) is 2.63. The topological polar surface area (TPSA) is 86.8 Å². The van der Waals surface area contributed by atoms with Crippen LogP contribution >= 0.6 is 0 Å². The Balaban J connectivity index is 2.04. The SMILES string of the molecule is CC(=O)c1ccc(NC(=O)CN2C(=O)N(C)C(C)(C)C2=O)cc1. The number of urea groups is 1. The highest BCUT2D eigenvalue weighted by Crippen LogP contribution is 2.25. The number of hydrogen-bond donors (Lipinski definition) is 1. The van der Waals surface area contributed by atoms with Gasteiger partial charge in [-0.05, 0) is 45.0 Å². The molecular weight excluding hydrogens is 298 g/mol. The third-order valence-corrected chi connectivity index (χ3v) is 4.00. The van der Waals surface area contributed by atoms with Gasteiger partial charge in [-0.3, -0.25) is 19.3 Å². The fourth-order valence-electron chi connectivity index (χ4n) is 2.25. The molecule has 0 aliphatic carbocycles. The number of benzene rings is 1. The van der Waals surface area contributed by atoms with Crippen molar-refractivity contribution in [2.75, 3.05) is 18.9 Å². The Morgan fingerprint density at radius 2 is 1.70 bits per heavy atom. The Kier molecular flexibility index (Phi) is 4.22. The second-order valence-electron chi connectivity index (χ2n) is 5.97. The van der Waals surface area contributed by atoms with Crippen LogP contribution < -0.4 is 5.32 Å². The summed E-state index contributed by atoms with van der Waals surface area (Å²) in [5, 5.41) is 2.60. The molecule has 0 unspecified atom stereocenters. The molecule has 4 amide bonds. The quantitative estimate of drug-likeness (QED) is 0.673. The molecule has 1 saturated heterocycles. The average molecular weight is 317 g/mol. The van der Waals surface area contributed by atoms with Crippen LogP contribution in [0.15, 0.2) is 24.3 Å². The summed E-state index contributed by atoms with van der Waals surface area (Å²) in [6.45, 7) is 4.37. The molecule has 0 bridgehead atoms. The number of likely N-dealkylation sites (N-methyl/N-ethyl adjacent to an activating group) is 1. The first-order valence-corrected chi connectivity index (χ1v) is 7.15. The Bertz CT molecular complexity index is 679. The third-order valence-electron chi connectivity index (χ3n) is 4.00. The normalized spacial score (nSPS) is 16.7. The molecule has 0 atom stereocenters. The van der Waals surface area contributed by atoms with Gasteiger partial charge in [-0.25, -0.2) is 4.79 Å². The number of amides is 4. The highest BCUT2D eigenvalue weighted by Gasteiger charge is 2.49. The smallest absolute Gasteiger partial charge is 0.325 e. The number of carbonyl (C=O) groups excluding carboxylic acids is 4. The summed E-state index contributed by atoms with van der Waals surface area (Å²) < 4.78 is 0. The molecule has 1 aromatic carbocycles. The van der Waals surface area contributed by atoms with Crippen molar-refractivity contribution in [3.05, 3.63) is 29.8 Å². The minimum Gasteiger partial charge on any atom is -0.325 e. The number of ketones is 1. The minimum absolute atomic E-state index is 0.0681. The number of nitrogens with zero attached hydrogens (tertiary/aromatic N) is 2. The van der Waals surface area contributed by atoms with Gasteiger partial charge in [-0.15, -0.1) is 0 Å². The molecule has 1 fully saturated rings. The van der Waals surface area contributed by atoms with Crippen LogP contribution in [-0.4, -0.2) is 52.6 Å². The number of rotatable bonds is 4. The molecule has 7 nitrogen and oxygen atoms in total. The first-order chi connectivity index (χ1) is 10.6. The van der Waals surface area contributed by atoms with Gasteiger partial charge in [0.1, 0.15) is 12.1 Å². The van der Waals surface area contributed by atoms with Gasteiger partial charge in [-0.2, -0.15) is 0 Å². The van der Waals surface area contributed by atoms with Gasteiger partial charge in [0.2, 0.25) is 5.91 Å². The maximum atomic E-state index is 12.2. The van der Waals surface area contributed by atoms with Crippen molar-refractivity contribution >= 4 is 29.3 Å². The first kappa shape index (κ1) is 16.7. The molecule has 0 saturated carbocycles. The van der Waals surface area contributed by atoms with Crippen molar-refractivity contribution in [2.45, 2.75) is 26.3 Å². The number of Topliss-reactive ketones (excluding diaryl/α,β-unsaturated/α-hetero) is 1. The van der Waals surface area contributed by atoms with Crippen molar-refractivity contribution in [2.24, 2.45) is 0 Å². The molecular formula is C16H19N3O4. The Morgan fingerprint density at radius 3 is 2.13 bits per heavy atom. The van der Waals surface area contributed by atoms with Crippen LogP contribution in [0.25, 0.3) is 0 Å². The lowest BCUT2D eigenvalue weighted by molar-refractivity contribution is -0.134. The van der Waals surface area contributed by atoms with Gasteiger partial charge in [0.15, 0.2) is 5.78 Å². The third kappa shape index (κ3) is 3.08. The number of carbonyl (C=O) groups is 4. The van der Waals surface area contributed by atoms with Gasteiger partial charge in [0, 0.05) is 18.3 Å². The molecule has 122 valence electrons. The lowest BCUT2D eigenvalue weighted by atomic mass is 10.1. The molecule has 1 aliphatic heterocycles. The molecule has 0 radical (unpaired) electrons. The Morgan fingerprint density at radius 1 is 1.13 bits per heavy atom. The van der Waals surface area contributed by atoms with Gasteiger partial charge >= 0.3 is 6.03 Å². The first-order valence-electron chi connectivity index (χ1n) is 7.15. The summed E-state index contributed by atoms with van der Waals surface area (Å²) in [5.74, 6) is -0.957. The van der Waals surface area contributed by atoms with Crippen LogP contribution in [0.5, 0.6) is 0 Å². The van der Waals surface area contributed by atoms with E-state index in [9.17, 15) is 19.2 Å². The summed E-state index contributed by atoms with van der Waals surface area (Å²) in [5.41, 5.74) is 0.0727. The van der Waals surface area contributed by atoms with Crippen molar-refractivity contribution in [1.82, 2.24) is 9.80 Å². The largest absolute Gasteiger partial charge is 0.327 e. The van der Waals surface area contributed by atoms with Crippen LogP contribution in [-0.2, 0) is 9.59 Å². The van der Waals surface area contributed by atoms with E-state index in [2.05, 4.69) is 5.32 Å². The molecule has 1 aromatic rings. The van der Waals surface area contributed by atoms with Crippen molar-refractivity contribution in [3.8, 4) is 0 Å². The van der Waals surface area contributed by atoms with Crippen LogP contribution in [0.4, 0.5) is 10.5 Å². The number of anilines is 1. The molecule has 1 aliphatic rings. The van der Waals surface area contributed by atoms with E-state index in [1.54, 1.807) is 38.1 Å². The van der Waals surface area contributed by atoms with E-state index in [0.29, 0.717) is 11.3 Å². The zero-order chi connectivity index (χ0) is 17.4. The van der Waals surface area contributed by atoms with Crippen LogP contribution in [0.3, 0.4) is 0 Å². The van der Waals surface area contributed by atoms with E-state index in [-0.39, 0.29) is 12.3 Å². The van der Waals surface area contributed by atoms with Crippen molar-refractivity contribution < 1.29 is 19.2 Å². The molecule has 1 N–H and O–H groups in total. The van der Waals surface area contributed by atoms with E-state index in [0.717, 1.165) is 4.90 Å². The molecule has 23 heavy (non-hydrogen) atoms. The lowest BCUT2D eigenvalue weighted by Crippen LogP contribution is -2.42. The maximum absolute atomic E-state index is 12.2. The second kappa shape index (κ2) is 5.83. The molecule has 0 spiro atoms. The van der Waals surface area contributed by atoms with E-state index in [1.807, 2.05) is 0 Å². The van der Waals surface area contributed by atoms with Crippen molar-refractivity contribution in [1.29, 1.82) is 0 Å². The fourth-order valence-corrected chi connectivity index (χ4v) is 2.25. The predicted octanol–water partition coefficient (Wildman–Crippen LogP) is 1.50. The number of nitrogens with one attached hydrogen (secondary N) is 1. The summed E-state index contributed by atoms with van der Waals surface area (Å²) in [4.78, 5) is 49.7. The van der Waals surface area contributed by atoms with Crippen LogP contribution in [0.2, 0.25) is 0 Å². The summed E-state index contributed by atoms with van der Waals surface area (Å²) in [6.07, 6.45) is 0. The van der Waals surface area contributed by atoms with Crippen LogP contribution in [0.1, 0.15) is 31.1 Å². The summed E-state index contributed by atoms with van der Waals surface area (Å²) in [7, 11) is 1.53. The van der Waals surface area contributed by atoms with Gasteiger partial charge < -0.3 is 10.2 Å². The van der Waals surface area contributed by atoms with E-state index in [1.165, 1.54) is 18.9 Å². The zero-order valence-electron chi connectivity index (χ0n) is 13.5. The van der Waals surface area contributed by atoms with Gasteiger partial charge in [0.25, 0.3) is 5.91 Å². The fraction of sp³-hybridized carbons (Fsp3) is 0.375. The standard InChI is InChI=1S/C16H19N3O4/c1-10(20)11-5-7-12(8-6-11)17-13(21)9-19-14(22)16(2,3)18(4)15(19)23/h5-8H,9H2,1-4H3,(H,17,21). The van der Waals surface area contributed by atoms with Gasteiger partial charge in [-0.1, -0.05) is 0 Å². The minimum atomic E-state index is -0.958. The van der Waals surface area contributed by atoms with E-state index in [4.69, 9.17) is 0 Å². The summed E-state index contributed by atoms with van der Waals surface area (Å²) >= 11 is 0. The molecule has 7 heteroatoms. The van der Waals surface area contributed by atoms with Crippen LogP contribution in [0, 0.1) is 0 Å². The highest BCUT2D eigenvalue weighted by atomic mass is 16.2. The van der Waals surface area contributed by atoms with E-state index >= 15 is 0 Å². The molecule has 2 rings (SSSR count). The second-order valence-corrected chi connectivity index (χ2v) is 5.97. The monoisotopic (exact) mass is 317 g/mol. The molecule has 0 aromatic heterocycles.